The van der Waals surface area contributed by atoms with E-state index in [4.69, 9.17) is 0 Å². The maximum Gasteiger partial charge on any atom is 0.262 e. The predicted octanol–water partition coefficient (Wildman–Crippen LogP) is 3.27. The van der Waals surface area contributed by atoms with Crippen LogP contribution in [0.5, 0.6) is 0 Å². The molecule has 0 bridgehead atoms. The van der Waals surface area contributed by atoms with E-state index in [1.54, 1.807) is 16.8 Å². The van der Waals surface area contributed by atoms with Crippen molar-refractivity contribution in [1.29, 1.82) is 0 Å². The predicted molar refractivity (Wildman–Crippen MR) is 118 cm³/mol. The number of benzene rings is 2. The van der Waals surface area contributed by atoms with Crippen molar-refractivity contribution in [3.05, 3.63) is 81.5 Å². The zero-order valence-electron chi connectivity index (χ0n) is 17.0. The van der Waals surface area contributed by atoms with Crippen LogP contribution in [0.25, 0.3) is 16.7 Å². The van der Waals surface area contributed by atoms with E-state index in [-0.39, 0.29) is 23.0 Å². The van der Waals surface area contributed by atoms with Crippen LogP contribution in [0.1, 0.15) is 16.7 Å². The van der Waals surface area contributed by atoms with Crippen LogP contribution in [0.4, 0.5) is 4.39 Å². The van der Waals surface area contributed by atoms with E-state index in [1.165, 1.54) is 18.3 Å². The number of fused-ring (bicyclic) bond motifs is 1. The summed E-state index contributed by atoms with van der Waals surface area (Å²) >= 11 is 1.13. The van der Waals surface area contributed by atoms with Crippen LogP contribution in [0, 0.1) is 19.7 Å². The average Bonchev–Trinajstić information content (AvgIpc) is 3.18. The smallest absolute Gasteiger partial charge is 0.262 e. The maximum atomic E-state index is 13.0. The van der Waals surface area contributed by atoms with E-state index in [0.717, 1.165) is 34.1 Å². The molecule has 2 heterocycles. The van der Waals surface area contributed by atoms with Crippen LogP contribution in [0.2, 0.25) is 0 Å². The third kappa shape index (κ3) is 4.51. The molecule has 0 aliphatic carbocycles. The molecule has 7 nitrogen and oxygen atoms in total. The summed E-state index contributed by atoms with van der Waals surface area (Å²) in [5.41, 5.74) is 3.93. The lowest BCUT2D eigenvalue weighted by Gasteiger charge is -2.09. The van der Waals surface area contributed by atoms with Gasteiger partial charge in [0, 0.05) is 6.54 Å². The lowest BCUT2D eigenvalue weighted by molar-refractivity contribution is -0.118. The average molecular weight is 438 g/mol. The van der Waals surface area contributed by atoms with Crippen molar-refractivity contribution in [2.45, 2.75) is 25.5 Å². The number of hydrogen-bond acceptors (Lipinski definition) is 5. The fourth-order valence-electron chi connectivity index (χ4n) is 3.10. The van der Waals surface area contributed by atoms with Crippen molar-refractivity contribution in [2.24, 2.45) is 0 Å². The number of thioether (sulfide) groups is 1. The number of carbonyl (C=O) groups is 1. The second kappa shape index (κ2) is 8.73. The molecule has 0 fully saturated rings. The van der Waals surface area contributed by atoms with Gasteiger partial charge in [0.2, 0.25) is 5.91 Å². The molecule has 2 aromatic heterocycles. The van der Waals surface area contributed by atoms with Crippen LogP contribution in [0.3, 0.4) is 0 Å². The van der Waals surface area contributed by atoms with Crippen LogP contribution < -0.4 is 10.9 Å². The molecule has 2 aromatic carbocycles. The number of rotatable bonds is 6. The Labute approximate surface area is 181 Å². The van der Waals surface area contributed by atoms with Gasteiger partial charge in [-0.25, -0.2) is 14.1 Å². The number of hydrogen-bond donors (Lipinski definition) is 2. The fraction of sp³-hybridized carbons (Fsp3) is 0.182. The van der Waals surface area contributed by atoms with Crippen molar-refractivity contribution in [1.82, 2.24) is 25.1 Å². The monoisotopic (exact) mass is 437 g/mol. The topological polar surface area (TPSA) is 92.7 Å². The number of nitrogens with one attached hydrogen (secondary N) is 2. The first-order valence-electron chi connectivity index (χ1n) is 9.61. The Kier molecular flexibility index (Phi) is 5.85. The van der Waals surface area contributed by atoms with Crippen molar-refractivity contribution in [2.75, 3.05) is 5.75 Å². The number of aryl methyl sites for hydroxylation is 1. The molecule has 158 valence electrons. The SMILES string of the molecule is Cc1cccc(-n2ncc3c(=O)[nH]c(SCC(=O)NCc4ccc(F)cc4)nc32)c1C. The quantitative estimate of drug-likeness (QED) is 0.357. The highest BCUT2D eigenvalue weighted by Gasteiger charge is 2.14. The summed E-state index contributed by atoms with van der Waals surface area (Å²) in [5, 5.41) is 7.83. The van der Waals surface area contributed by atoms with Crippen LogP contribution in [0.15, 0.2) is 58.6 Å². The summed E-state index contributed by atoms with van der Waals surface area (Å²) in [7, 11) is 0. The summed E-state index contributed by atoms with van der Waals surface area (Å²) in [5.74, 6) is -0.468. The minimum Gasteiger partial charge on any atom is -0.351 e. The molecular formula is C22H20FN5O2S. The minimum atomic E-state index is -0.323. The standard InChI is InChI=1S/C22H20FN5O2S/c1-13-4-3-5-18(14(13)2)28-20-17(11-25-28)21(30)27-22(26-20)31-12-19(29)24-10-15-6-8-16(23)9-7-15/h3-9,11H,10,12H2,1-2H3,(H,24,29)(H,26,27,30). The van der Waals surface area contributed by atoms with Crippen LogP contribution >= 0.6 is 11.8 Å². The Bertz CT molecular complexity index is 1310. The zero-order valence-corrected chi connectivity index (χ0v) is 17.8. The molecule has 0 saturated heterocycles. The van der Waals surface area contributed by atoms with Gasteiger partial charge in [-0.2, -0.15) is 5.10 Å². The molecule has 2 N–H and O–H groups in total. The third-order valence-corrected chi connectivity index (χ3v) is 5.84. The van der Waals surface area contributed by atoms with Gasteiger partial charge in [0.1, 0.15) is 11.2 Å². The van der Waals surface area contributed by atoms with Gasteiger partial charge in [-0.15, -0.1) is 0 Å². The molecule has 0 atom stereocenters. The molecule has 0 saturated carbocycles. The van der Waals surface area contributed by atoms with Gasteiger partial charge in [-0.1, -0.05) is 36.0 Å². The van der Waals surface area contributed by atoms with Gasteiger partial charge in [0.15, 0.2) is 10.8 Å². The van der Waals surface area contributed by atoms with E-state index < -0.39 is 0 Å². The van der Waals surface area contributed by atoms with Crippen LogP contribution in [-0.4, -0.2) is 31.4 Å². The minimum absolute atomic E-state index is 0.0766. The van der Waals surface area contributed by atoms with E-state index in [1.807, 2.05) is 32.0 Å². The van der Waals surface area contributed by atoms with E-state index in [9.17, 15) is 14.0 Å². The summed E-state index contributed by atoms with van der Waals surface area (Å²) in [6.07, 6.45) is 1.49. The van der Waals surface area contributed by atoms with Crippen LogP contribution in [-0.2, 0) is 11.3 Å². The number of H-pyrrole nitrogens is 1. The summed E-state index contributed by atoms with van der Waals surface area (Å²) < 4.78 is 14.6. The normalized spacial score (nSPS) is 11.1. The number of amides is 1. The Balaban J connectivity index is 1.50. The number of aromatic nitrogens is 4. The number of halogens is 1. The first kappa shape index (κ1) is 20.8. The number of carbonyl (C=O) groups excluding carboxylic acids is 1. The number of nitrogens with zero attached hydrogens (tertiary/aromatic N) is 3. The molecule has 4 rings (SSSR count). The van der Waals surface area contributed by atoms with E-state index in [0.29, 0.717) is 22.7 Å². The molecular weight excluding hydrogens is 417 g/mol. The Morgan fingerprint density at radius 3 is 2.74 bits per heavy atom. The molecule has 0 aliphatic rings. The van der Waals surface area contributed by atoms with E-state index >= 15 is 0 Å². The number of aromatic amines is 1. The molecule has 1 amide bonds. The Morgan fingerprint density at radius 2 is 1.97 bits per heavy atom. The van der Waals surface area contributed by atoms with Crippen molar-refractivity contribution >= 4 is 28.7 Å². The largest absolute Gasteiger partial charge is 0.351 e. The fourth-order valence-corrected chi connectivity index (χ4v) is 3.78. The van der Waals surface area contributed by atoms with E-state index in [2.05, 4.69) is 20.4 Å². The summed E-state index contributed by atoms with van der Waals surface area (Å²) in [6, 6.07) is 11.8. The molecule has 4 aromatic rings. The first-order chi connectivity index (χ1) is 14.9. The van der Waals surface area contributed by atoms with Crippen molar-refractivity contribution in [3.63, 3.8) is 0 Å². The second-order valence-corrected chi connectivity index (χ2v) is 8.04. The van der Waals surface area contributed by atoms with Gasteiger partial charge in [0.05, 0.1) is 17.6 Å². The molecule has 0 radical (unpaired) electrons. The van der Waals surface area contributed by atoms with Crippen molar-refractivity contribution in [3.8, 4) is 5.69 Å². The summed E-state index contributed by atoms with van der Waals surface area (Å²) in [6.45, 7) is 4.30. The van der Waals surface area contributed by atoms with Gasteiger partial charge in [-0.05, 0) is 48.7 Å². The highest BCUT2D eigenvalue weighted by molar-refractivity contribution is 7.99. The third-order valence-electron chi connectivity index (χ3n) is 4.96. The lowest BCUT2D eigenvalue weighted by Crippen LogP contribution is -2.24. The molecule has 0 unspecified atom stereocenters. The molecule has 9 heteroatoms. The highest BCUT2D eigenvalue weighted by Crippen LogP contribution is 2.21. The van der Waals surface area contributed by atoms with Gasteiger partial charge < -0.3 is 10.3 Å². The second-order valence-electron chi connectivity index (χ2n) is 7.08. The summed E-state index contributed by atoms with van der Waals surface area (Å²) in [4.78, 5) is 31.9. The molecule has 0 spiro atoms. The van der Waals surface area contributed by atoms with Gasteiger partial charge in [-0.3, -0.25) is 9.59 Å². The Hall–Kier alpha value is -3.46. The first-order valence-corrected chi connectivity index (χ1v) is 10.6. The highest BCUT2D eigenvalue weighted by atomic mass is 32.2. The molecule has 0 aliphatic heterocycles. The van der Waals surface area contributed by atoms with Gasteiger partial charge >= 0.3 is 0 Å². The van der Waals surface area contributed by atoms with Crippen molar-refractivity contribution < 1.29 is 9.18 Å². The van der Waals surface area contributed by atoms with Gasteiger partial charge in [0.25, 0.3) is 5.56 Å². The lowest BCUT2D eigenvalue weighted by atomic mass is 10.1. The maximum absolute atomic E-state index is 13.0. The molecule has 31 heavy (non-hydrogen) atoms. The zero-order chi connectivity index (χ0) is 22.0. The Morgan fingerprint density at radius 1 is 1.19 bits per heavy atom.